The number of carboxylic acids is 1. The molecule has 27 heavy (non-hydrogen) atoms. The van der Waals surface area contributed by atoms with Crippen molar-refractivity contribution in [3.8, 4) is 17.2 Å². The van der Waals surface area contributed by atoms with Gasteiger partial charge in [0.1, 0.15) is 5.75 Å². The summed E-state index contributed by atoms with van der Waals surface area (Å²) in [7, 11) is 3.06. The first-order valence-corrected chi connectivity index (χ1v) is 8.99. The number of ether oxygens (including phenoxy) is 3. The van der Waals surface area contributed by atoms with Crippen molar-refractivity contribution in [2.75, 3.05) is 20.8 Å². The standard InChI is InChI=1S/C22H26O5/c1-4-5-6-13-27-18-10-7-16(8-11-18)14-19(22(23)24)17-9-12-20(25-2)21(15-17)26-3/h7-12,14-15H,4-6,13H2,1-3H3,(H,23,24)/b19-14+. The molecule has 0 atom stereocenters. The highest BCUT2D eigenvalue weighted by atomic mass is 16.5. The van der Waals surface area contributed by atoms with Crippen LogP contribution in [0.4, 0.5) is 0 Å². The van der Waals surface area contributed by atoms with Crippen LogP contribution >= 0.6 is 0 Å². The van der Waals surface area contributed by atoms with Crippen LogP contribution in [-0.4, -0.2) is 31.9 Å². The lowest BCUT2D eigenvalue weighted by Crippen LogP contribution is -2.01. The lowest BCUT2D eigenvalue weighted by Gasteiger charge is -2.10. The van der Waals surface area contributed by atoms with Crippen LogP contribution in [-0.2, 0) is 4.79 Å². The third-order valence-corrected chi connectivity index (χ3v) is 4.13. The summed E-state index contributed by atoms with van der Waals surface area (Å²) in [6, 6.07) is 12.4. The molecule has 0 saturated carbocycles. The van der Waals surface area contributed by atoms with Gasteiger partial charge in [0, 0.05) is 0 Å². The molecule has 1 N–H and O–H groups in total. The van der Waals surface area contributed by atoms with E-state index in [9.17, 15) is 9.90 Å². The number of hydrogen-bond donors (Lipinski definition) is 1. The summed E-state index contributed by atoms with van der Waals surface area (Å²) in [5, 5.41) is 9.63. The average Bonchev–Trinajstić information content (AvgIpc) is 2.69. The first kappa shape index (κ1) is 20.4. The third-order valence-electron chi connectivity index (χ3n) is 4.13. The van der Waals surface area contributed by atoms with Gasteiger partial charge < -0.3 is 19.3 Å². The molecule has 2 rings (SSSR count). The van der Waals surface area contributed by atoms with E-state index >= 15 is 0 Å². The van der Waals surface area contributed by atoms with Gasteiger partial charge in [0.2, 0.25) is 0 Å². The first-order valence-electron chi connectivity index (χ1n) is 8.99. The van der Waals surface area contributed by atoms with E-state index in [4.69, 9.17) is 14.2 Å². The Morgan fingerprint density at radius 3 is 2.30 bits per heavy atom. The van der Waals surface area contributed by atoms with Crippen LogP contribution in [0.2, 0.25) is 0 Å². The van der Waals surface area contributed by atoms with Crippen LogP contribution in [0.5, 0.6) is 17.2 Å². The molecule has 2 aromatic rings. The Kier molecular flexibility index (Phi) is 7.74. The second kappa shape index (κ2) is 10.3. The number of rotatable bonds is 10. The largest absolute Gasteiger partial charge is 0.494 e. The van der Waals surface area contributed by atoms with Crippen LogP contribution < -0.4 is 14.2 Å². The molecule has 0 bridgehead atoms. The SMILES string of the molecule is CCCCCOc1ccc(/C=C(/C(=O)O)c2ccc(OC)c(OC)c2)cc1. The third kappa shape index (κ3) is 5.78. The fourth-order valence-electron chi connectivity index (χ4n) is 2.64. The number of carbonyl (C=O) groups is 1. The van der Waals surface area contributed by atoms with Crippen molar-refractivity contribution in [1.82, 2.24) is 0 Å². The molecule has 0 unspecified atom stereocenters. The lowest BCUT2D eigenvalue weighted by molar-refractivity contribution is -0.130. The molecule has 0 fully saturated rings. The zero-order valence-corrected chi connectivity index (χ0v) is 16.0. The van der Waals surface area contributed by atoms with Gasteiger partial charge in [-0.1, -0.05) is 38.0 Å². The minimum atomic E-state index is -1.01. The molecule has 0 amide bonds. The smallest absolute Gasteiger partial charge is 0.336 e. The van der Waals surface area contributed by atoms with Gasteiger partial charge in [-0.2, -0.15) is 0 Å². The summed E-state index contributed by atoms with van der Waals surface area (Å²) in [6.07, 6.45) is 4.96. The van der Waals surface area contributed by atoms with Gasteiger partial charge in [-0.05, 0) is 47.9 Å². The molecule has 0 aromatic heterocycles. The van der Waals surface area contributed by atoms with Gasteiger partial charge in [-0.3, -0.25) is 0 Å². The summed E-state index contributed by atoms with van der Waals surface area (Å²) in [6.45, 7) is 2.84. The van der Waals surface area contributed by atoms with Crippen LogP contribution in [0.1, 0.15) is 37.3 Å². The average molecular weight is 370 g/mol. The zero-order chi connectivity index (χ0) is 19.6. The van der Waals surface area contributed by atoms with Gasteiger partial charge in [0.05, 0.1) is 26.4 Å². The Balaban J connectivity index is 2.21. The molecule has 0 aliphatic heterocycles. The van der Waals surface area contributed by atoms with Crippen LogP contribution in [0, 0.1) is 0 Å². The fraction of sp³-hybridized carbons (Fsp3) is 0.318. The van der Waals surface area contributed by atoms with Crippen LogP contribution in [0.25, 0.3) is 11.6 Å². The minimum Gasteiger partial charge on any atom is -0.494 e. The maximum absolute atomic E-state index is 11.8. The molecule has 2 aromatic carbocycles. The number of carboxylic acid groups (broad SMARTS) is 1. The van der Waals surface area contributed by atoms with E-state index in [1.165, 1.54) is 14.2 Å². The van der Waals surface area contributed by atoms with Crippen LogP contribution in [0.15, 0.2) is 42.5 Å². The van der Waals surface area contributed by atoms with E-state index in [2.05, 4.69) is 6.92 Å². The molecule has 0 saturated heterocycles. The van der Waals surface area contributed by atoms with Crippen molar-refractivity contribution in [1.29, 1.82) is 0 Å². The summed E-state index contributed by atoms with van der Waals surface area (Å²) in [4.78, 5) is 11.8. The van der Waals surface area contributed by atoms with Crippen molar-refractivity contribution in [2.24, 2.45) is 0 Å². The molecule has 5 nitrogen and oxygen atoms in total. The Hall–Kier alpha value is -2.95. The first-order chi connectivity index (χ1) is 13.1. The molecule has 0 aliphatic carbocycles. The predicted molar refractivity (Wildman–Crippen MR) is 107 cm³/mol. The minimum absolute atomic E-state index is 0.174. The van der Waals surface area contributed by atoms with Gasteiger partial charge in [-0.15, -0.1) is 0 Å². The van der Waals surface area contributed by atoms with Gasteiger partial charge in [-0.25, -0.2) is 4.79 Å². The molecule has 0 heterocycles. The normalized spacial score (nSPS) is 11.1. The molecular formula is C22H26O5. The van der Waals surface area contributed by atoms with E-state index in [0.29, 0.717) is 23.7 Å². The number of benzene rings is 2. The monoisotopic (exact) mass is 370 g/mol. The maximum Gasteiger partial charge on any atom is 0.336 e. The van der Waals surface area contributed by atoms with Crippen molar-refractivity contribution >= 4 is 17.6 Å². The number of aliphatic carboxylic acids is 1. The van der Waals surface area contributed by atoms with E-state index in [-0.39, 0.29) is 5.57 Å². The quantitative estimate of drug-likeness (QED) is 0.366. The topological polar surface area (TPSA) is 65.0 Å². The molecule has 0 spiro atoms. The number of methoxy groups -OCH3 is 2. The summed E-state index contributed by atoms with van der Waals surface area (Å²) < 4.78 is 16.2. The molecule has 5 heteroatoms. The Labute approximate surface area is 160 Å². The molecule has 144 valence electrons. The Bertz CT molecular complexity index is 778. The van der Waals surface area contributed by atoms with Crippen LogP contribution in [0.3, 0.4) is 0 Å². The summed E-state index contributed by atoms with van der Waals surface area (Å²) in [5.41, 5.74) is 1.50. The summed E-state index contributed by atoms with van der Waals surface area (Å²) >= 11 is 0. The van der Waals surface area contributed by atoms with Crippen molar-refractivity contribution in [2.45, 2.75) is 26.2 Å². The molecule has 0 radical (unpaired) electrons. The molecule has 0 aliphatic rings. The highest BCUT2D eigenvalue weighted by molar-refractivity contribution is 6.20. The Morgan fingerprint density at radius 2 is 1.70 bits per heavy atom. The maximum atomic E-state index is 11.8. The van der Waals surface area contributed by atoms with Gasteiger partial charge in [0.25, 0.3) is 0 Å². The van der Waals surface area contributed by atoms with Gasteiger partial charge in [0.15, 0.2) is 11.5 Å². The second-order valence-electron chi connectivity index (χ2n) is 6.06. The highest BCUT2D eigenvalue weighted by Crippen LogP contribution is 2.31. The number of unbranched alkanes of at least 4 members (excludes halogenated alkanes) is 2. The van der Waals surface area contributed by atoms with E-state index in [0.717, 1.165) is 30.6 Å². The highest BCUT2D eigenvalue weighted by Gasteiger charge is 2.14. The van der Waals surface area contributed by atoms with Crippen molar-refractivity contribution < 1.29 is 24.1 Å². The summed E-state index contributed by atoms with van der Waals surface area (Å²) in [5.74, 6) is 0.807. The lowest BCUT2D eigenvalue weighted by atomic mass is 10.0. The van der Waals surface area contributed by atoms with Crippen molar-refractivity contribution in [3.63, 3.8) is 0 Å². The fourth-order valence-corrected chi connectivity index (χ4v) is 2.64. The zero-order valence-electron chi connectivity index (χ0n) is 16.0. The number of hydrogen-bond acceptors (Lipinski definition) is 4. The predicted octanol–water partition coefficient (Wildman–Crippen LogP) is 4.90. The van der Waals surface area contributed by atoms with Gasteiger partial charge >= 0.3 is 5.97 Å². The van der Waals surface area contributed by atoms with E-state index in [1.807, 2.05) is 24.3 Å². The van der Waals surface area contributed by atoms with E-state index < -0.39 is 5.97 Å². The molecular weight excluding hydrogens is 344 g/mol. The van der Waals surface area contributed by atoms with E-state index in [1.54, 1.807) is 24.3 Å². The van der Waals surface area contributed by atoms with Crippen molar-refractivity contribution in [3.05, 3.63) is 53.6 Å². The second-order valence-corrected chi connectivity index (χ2v) is 6.06. The Morgan fingerprint density at radius 1 is 1.00 bits per heavy atom.